The zero-order chi connectivity index (χ0) is 12.4. The SMILES string of the molecule is CC1CN(c2ccc(B(O)O)cc2)CCN1C. The molecule has 4 nitrogen and oxygen atoms in total. The molecule has 17 heavy (non-hydrogen) atoms. The van der Waals surface area contributed by atoms with Gasteiger partial charge >= 0.3 is 7.12 Å². The molecule has 1 heterocycles. The molecule has 0 saturated carbocycles. The Hall–Kier alpha value is -1.04. The zero-order valence-electron chi connectivity index (χ0n) is 10.4. The predicted octanol–water partition coefficient (Wildman–Crippen LogP) is -0.493. The van der Waals surface area contributed by atoms with Gasteiger partial charge in [-0.05, 0) is 31.6 Å². The second-order valence-electron chi connectivity index (χ2n) is 4.74. The van der Waals surface area contributed by atoms with Crippen molar-refractivity contribution in [2.24, 2.45) is 0 Å². The van der Waals surface area contributed by atoms with Gasteiger partial charge in [0.15, 0.2) is 0 Å². The lowest BCUT2D eigenvalue weighted by Crippen LogP contribution is -2.50. The molecule has 0 spiro atoms. The van der Waals surface area contributed by atoms with E-state index in [1.54, 1.807) is 12.1 Å². The van der Waals surface area contributed by atoms with Crippen LogP contribution in [0.3, 0.4) is 0 Å². The normalized spacial score (nSPS) is 21.6. The molecule has 0 aliphatic carbocycles. The Kier molecular flexibility index (Phi) is 3.71. The van der Waals surface area contributed by atoms with Crippen LogP contribution in [0.2, 0.25) is 0 Å². The quantitative estimate of drug-likeness (QED) is 0.678. The number of hydrogen-bond donors (Lipinski definition) is 2. The summed E-state index contributed by atoms with van der Waals surface area (Å²) in [4.78, 5) is 4.68. The molecule has 0 radical (unpaired) electrons. The van der Waals surface area contributed by atoms with Gasteiger partial charge in [0.2, 0.25) is 0 Å². The first kappa shape index (κ1) is 12.4. The summed E-state index contributed by atoms with van der Waals surface area (Å²) in [6, 6.07) is 7.98. The molecular weight excluding hydrogens is 215 g/mol. The predicted molar refractivity (Wildman–Crippen MR) is 70.6 cm³/mol. The van der Waals surface area contributed by atoms with Crippen molar-refractivity contribution in [3.8, 4) is 0 Å². The Morgan fingerprint density at radius 3 is 2.35 bits per heavy atom. The fourth-order valence-corrected chi connectivity index (χ4v) is 2.14. The van der Waals surface area contributed by atoms with Gasteiger partial charge < -0.3 is 19.8 Å². The van der Waals surface area contributed by atoms with Crippen molar-refractivity contribution in [3.63, 3.8) is 0 Å². The van der Waals surface area contributed by atoms with E-state index in [9.17, 15) is 0 Å². The third kappa shape index (κ3) is 2.80. The number of benzene rings is 1. The smallest absolute Gasteiger partial charge is 0.423 e. The van der Waals surface area contributed by atoms with Gasteiger partial charge in [-0.2, -0.15) is 0 Å². The van der Waals surface area contributed by atoms with Gasteiger partial charge in [0.25, 0.3) is 0 Å². The number of hydrogen-bond acceptors (Lipinski definition) is 4. The van der Waals surface area contributed by atoms with E-state index in [0.29, 0.717) is 11.5 Å². The monoisotopic (exact) mass is 234 g/mol. The van der Waals surface area contributed by atoms with Gasteiger partial charge in [-0.15, -0.1) is 0 Å². The Morgan fingerprint density at radius 1 is 1.18 bits per heavy atom. The number of anilines is 1. The number of nitrogens with zero attached hydrogens (tertiary/aromatic N) is 2. The average molecular weight is 234 g/mol. The molecule has 5 heteroatoms. The van der Waals surface area contributed by atoms with Crippen LogP contribution >= 0.6 is 0 Å². The Labute approximate surface area is 103 Å². The first-order chi connectivity index (χ1) is 8.08. The van der Waals surface area contributed by atoms with E-state index in [1.807, 2.05) is 12.1 Å². The summed E-state index contributed by atoms with van der Waals surface area (Å²) < 4.78 is 0. The standard InChI is InChI=1S/C12H19BN2O2/c1-10-9-15(8-7-14(10)2)12-5-3-11(4-6-12)13(16)17/h3-6,10,16-17H,7-9H2,1-2H3. The summed E-state index contributed by atoms with van der Waals surface area (Å²) in [6.45, 7) is 5.31. The maximum atomic E-state index is 9.04. The Balaban J connectivity index is 2.07. The van der Waals surface area contributed by atoms with Crippen molar-refractivity contribution in [2.45, 2.75) is 13.0 Å². The van der Waals surface area contributed by atoms with Crippen LogP contribution in [0.15, 0.2) is 24.3 Å². The second-order valence-corrected chi connectivity index (χ2v) is 4.74. The van der Waals surface area contributed by atoms with Crippen LogP contribution in [0.25, 0.3) is 0 Å². The fourth-order valence-electron chi connectivity index (χ4n) is 2.14. The minimum Gasteiger partial charge on any atom is -0.423 e. The molecule has 1 atom stereocenters. The minimum atomic E-state index is -1.38. The van der Waals surface area contributed by atoms with Crippen LogP contribution in [0.1, 0.15) is 6.92 Å². The lowest BCUT2D eigenvalue weighted by Gasteiger charge is -2.39. The number of rotatable bonds is 2. The van der Waals surface area contributed by atoms with Crippen molar-refractivity contribution >= 4 is 18.3 Å². The van der Waals surface area contributed by atoms with Crippen molar-refractivity contribution in [1.82, 2.24) is 4.90 Å². The van der Waals surface area contributed by atoms with Crippen LogP contribution in [0.4, 0.5) is 5.69 Å². The largest absolute Gasteiger partial charge is 0.488 e. The maximum Gasteiger partial charge on any atom is 0.488 e. The molecule has 92 valence electrons. The van der Waals surface area contributed by atoms with Crippen LogP contribution in [0.5, 0.6) is 0 Å². The van der Waals surface area contributed by atoms with E-state index < -0.39 is 7.12 Å². The minimum absolute atomic E-state index is 0.538. The summed E-state index contributed by atoms with van der Waals surface area (Å²) in [5, 5.41) is 18.1. The highest BCUT2D eigenvalue weighted by Crippen LogP contribution is 2.17. The van der Waals surface area contributed by atoms with E-state index >= 15 is 0 Å². The van der Waals surface area contributed by atoms with Crippen molar-refractivity contribution in [2.75, 3.05) is 31.6 Å². The lowest BCUT2D eigenvalue weighted by atomic mass is 9.80. The van der Waals surface area contributed by atoms with Crippen LogP contribution in [-0.4, -0.2) is 54.8 Å². The van der Waals surface area contributed by atoms with Crippen molar-refractivity contribution in [3.05, 3.63) is 24.3 Å². The van der Waals surface area contributed by atoms with E-state index in [2.05, 4.69) is 23.8 Å². The average Bonchev–Trinajstić information content (AvgIpc) is 2.33. The third-order valence-corrected chi connectivity index (χ3v) is 3.52. The summed E-state index contributed by atoms with van der Waals surface area (Å²) in [6.07, 6.45) is 0. The Bertz CT molecular complexity index is 369. The maximum absolute atomic E-state index is 9.04. The molecule has 1 aliphatic heterocycles. The van der Waals surface area contributed by atoms with Gasteiger partial charge in [0.05, 0.1) is 0 Å². The first-order valence-electron chi connectivity index (χ1n) is 5.99. The lowest BCUT2D eigenvalue weighted by molar-refractivity contribution is 0.234. The summed E-state index contributed by atoms with van der Waals surface area (Å²) in [5.41, 5.74) is 1.69. The van der Waals surface area contributed by atoms with Crippen molar-refractivity contribution in [1.29, 1.82) is 0 Å². The second kappa shape index (κ2) is 5.08. The van der Waals surface area contributed by atoms with Gasteiger partial charge in [-0.3, -0.25) is 0 Å². The molecule has 0 bridgehead atoms. The molecule has 1 unspecified atom stereocenters. The molecule has 1 aromatic carbocycles. The molecule has 1 aromatic rings. The highest BCUT2D eigenvalue weighted by molar-refractivity contribution is 6.58. The zero-order valence-corrected chi connectivity index (χ0v) is 10.4. The highest BCUT2D eigenvalue weighted by Gasteiger charge is 2.21. The van der Waals surface area contributed by atoms with E-state index in [-0.39, 0.29) is 0 Å². The van der Waals surface area contributed by atoms with Gasteiger partial charge in [0.1, 0.15) is 0 Å². The van der Waals surface area contributed by atoms with E-state index in [1.165, 1.54) is 0 Å². The van der Waals surface area contributed by atoms with Gasteiger partial charge in [-0.1, -0.05) is 12.1 Å². The van der Waals surface area contributed by atoms with Crippen LogP contribution < -0.4 is 10.4 Å². The van der Waals surface area contributed by atoms with Crippen LogP contribution in [0, 0.1) is 0 Å². The molecule has 1 fully saturated rings. The first-order valence-corrected chi connectivity index (χ1v) is 5.99. The fraction of sp³-hybridized carbons (Fsp3) is 0.500. The van der Waals surface area contributed by atoms with Gasteiger partial charge in [0, 0.05) is 31.4 Å². The molecule has 1 saturated heterocycles. The summed E-state index contributed by atoms with van der Waals surface area (Å²) in [5.74, 6) is 0. The summed E-state index contributed by atoms with van der Waals surface area (Å²) >= 11 is 0. The molecule has 1 aliphatic rings. The Morgan fingerprint density at radius 2 is 1.82 bits per heavy atom. The van der Waals surface area contributed by atoms with Crippen molar-refractivity contribution < 1.29 is 10.0 Å². The molecule has 0 amide bonds. The summed E-state index contributed by atoms with van der Waals surface area (Å²) in [7, 11) is 0.767. The topological polar surface area (TPSA) is 46.9 Å². The molecule has 2 rings (SSSR count). The molecular formula is C12H19BN2O2. The van der Waals surface area contributed by atoms with E-state index in [4.69, 9.17) is 10.0 Å². The van der Waals surface area contributed by atoms with E-state index in [0.717, 1.165) is 25.3 Å². The third-order valence-electron chi connectivity index (χ3n) is 3.52. The molecule has 2 N–H and O–H groups in total. The van der Waals surface area contributed by atoms with Gasteiger partial charge in [-0.25, -0.2) is 0 Å². The highest BCUT2D eigenvalue weighted by atomic mass is 16.4. The van der Waals surface area contributed by atoms with Crippen LogP contribution in [-0.2, 0) is 0 Å². The number of piperazine rings is 1. The number of likely N-dealkylation sites (N-methyl/N-ethyl adjacent to an activating group) is 1. The molecule has 0 aromatic heterocycles.